The molecule has 0 fully saturated rings. The Labute approximate surface area is 144 Å². The van der Waals surface area contributed by atoms with E-state index in [0.29, 0.717) is 31.6 Å². The third-order valence-corrected chi connectivity index (χ3v) is 5.16. The monoisotopic (exact) mass is 423 g/mol. The van der Waals surface area contributed by atoms with E-state index in [4.69, 9.17) is 14.7 Å². The highest BCUT2D eigenvalue weighted by molar-refractivity contribution is 9.13. The van der Waals surface area contributed by atoms with Crippen molar-refractivity contribution in [2.24, 2.45) is 0 Å². The summed E-state index contributed by atoms with van der Waals surface area (Å²) in [7, 11) is 1.50. The Hall–Kier alpha value is -1.84. The van der Waals surface area contributed by atoms with Gasteiger partial charge < -0.3 is 9.47 Å². The normalized spacial score (nSPS) is 9.91. The van der Waals surface area contributed by atoms with Gasteiger partial charge in [-0.3, -0.25) is 4.79 Å². The number of nitriles is 1. The molecule has 0 N–H and O–H groups in total. The lowest BCUT2D eigenvalue weighted by Crippen LogP contribution is -2.02. The number of hydrogen-bond donors (Lipinski definition) is 0. The highest BCUT2D eigenvalue weighted by atomic mass is 79.9. The minimum Gasteiger partial charge on any atom is -0.493 e. The maximum absolute atomic E-state index is 11.0. The van der Waals surface area contributed by atoms with Gasteiger partial charge in [-0.15, -0.1) is 0 Å². The zero-order chi connectivity index (χ0) is 16.1. The second kappa shape index (κ2) is 7.43. The van der Waals surface area contributed by atoms with Crippen LogP contribution in [0.15, 0.2) is 39.3 Å². The van der Waals surface area contributed by atoms with Crippen molar-refractivity contribution in [1.82, 2.24) is 0 Å². The predicted molar refractivity (Wildman–Crippen MR) is 89.3 cm³/mol. The fourth-order valence-corrected chi connectivity index (χ4v) is 2.81. The number of benzene rings is 2. The average molecular weight is 425 g/mol. The van der Waals surface area contributed by atoms with Gasteiger partial charge >= 0.3 is 0 Å². The highest BCUT2D eigenvalue weighted by Gasteiger charge is 2.17. The Kier molecular flexibility index (Phi) is 5.58. The summed E-state index contributed by atoms with van der Waals surface area (Å²) in [5.41, 5.74) is 1.78. The first kappa shape index (κ1) is 16.5. The van der Waals surface area contributed by atoms with E-state index in [1.54, 1.807) is 18.2 Å². The first-order valence-corrected chi connectivity index (χ1v) is 7.83. The van der Waals surface area contributed by atoms with Gasteiger partial charge in [0.15, 0.2) is 17.8 Å². The van der Waals surface area contributed by atoms with Gasteiger partial charge in [0.1, 0.15) is 6.61 Å². The molecule has 112 valence electrons. The molecule has 2 rings (SSSR count). The number of carbonyl (C=O) groups is 1. The van der Waals surface area contributed by atoms with Crippen molar-refractivity contribution in [3.63, 3.8) is 0 Å². The van der Waals surface area contributed by atoms with E-state index in [0.717, 1.165) is 11.8 Å². The van der Waals surface area contributed by atoms with Crippen LogP contribution in [-0.2, 0) is 6.61 Å². The molecule has 0 aromatic heterocycles. The molecule has 6 heteroatoms. The zero-order valence-corrected chi connectivity index (χ0v) is 14.8. The van der Waals surface area contributed by atoms with Gasteiger partial charge in [-0.05, 0) is 44.0 Å². The molecule has 4 nitrogen and oxygen atoms in total. The Bertz CT molecular complexity index is 754. The summed E-state index contributed by atoms with van der Waals surface area (Å²) >= 11 is 6.74. The lowest BCUT2D eigenvalue weighted by Gasteiger charge is -2.15. The molecule has 0 aliphatic heterocycles. The van der Waals surface area contributed by atoms with Crippen molar-refractivity contribution in [3.8, 4) is 17.6 Å². The van der Waals surface area contributed by atoms with Crippen molar-refractivity contribution in [2.75, 3.05) is 7.11 Å². The number of rotatable bonds is 5. The fraction of sp³-hybridized carbons (Fsp3) is 0.125. The average Bonchev–Trinajstić information content (AvgIpc) is 2.56. The summed E-state index contributed by atoms with van der Waals surface area (Å²) in [6, 6.07) is 10.9. The molecule has 0 radical (unpaired) electrons. The number of nitrogens with zero attached hydrogens (tertiary/aromatic N) is 1. The molecule has 2 aromatic carbocycles. The fourth-order valence-electron chi connectivity index (χ4n) is 1.88. The molecule has 0 bridgehead atoms. The molecule has 0 heterocycles. The molecule has 0 atom stereocenters. The van der Waals surface area contributed by atoms with Crippen molar-refractivity contribution in [1.29, 1.82) is 5.26 Å². The molecule has 0 saturated carbocycles. The maximum Gasteiger partial charge on any atom is 0.177 e. The van der Waals surface area contributed by atoms with Gasteiger partial charge in [-0.2, -0.15) is 5.26 Å². The van der Waals surface area contributed by atoms with Gasteiger partial charge in [0, 0.05) is 15.6 Å². The lowest BCUT2D eigenvalue weighted by molar-refractivity contribution is 0.112. The van der Waals surface area contributed by atoms with Crippen LogP contribution in [0.25, 0.3) is 0 Å². The second-order valence-electron chi connectivity index (χ2n) is 4.30. The first-order valence-electron chi connectivity index (χ1n) is 6.24. The Morgan fingerprint density at radius 3 is 2.64 bits per heavy atom. The Morgan fingerprint density at radius 2 is 2.00 bits per heavy atom. The van der Waals surface area contributed by atoms with Crippen molar-refractivity contribution < 1.29 is 14.3 Å². The van der Waals surface area contributed by atoms with Gasteiger partial charge in [0.25, 0.3) is 0 Å². The third kappa shape index (κ3) is 3.32. The predicted octanol–water partition coefficient (Wildman–Crippen LogP) is 4.48. The van der Waals surface area contributed by atoms with Crippen LogP contribution in [0.4, 0.5) is 0 Å². The number of methoxy groups -OCH3 is 1. The molecule has 0 aliphatic rings. The summed E-state index contributed by atoms with van der Waals surface area (Å²) in [4.78, 5) is 11.0. The molecule has 0 spiro atoms. The molecule has 0 saturated heterocycles. The molecule has 0 amide bonds. The van der Waals surface area contributed by atoms with Crippen molar-refractivity contribution in [3.05, 3.63) is 56.0 Å². The van der Waals surface area contributed by atoms with Crippen LogP contribution >= 0.6 is 31.9 Å². The molecule has 0 unspecified atom stereocenters. The van der Waals surface area contributed by atoms with Gasteiger partial charge in [0.05, 0.1) is 23.2 Å². The largest absolute Gasteiger partial charge is 0.493 e. The molecule has 0 aliphatic carbocycles. The first-order chi connectivity index (χ1) is 10.6. The van der Waals surface area contributed by atoms with Gasteiger partial charge in [-0.25, -0.2) is 0 Å². The molecular weight excluding hydrogens is 414 g/mol. The van der Waals surface area contributed by atoms with Crippen LogP contribution < -0.4 is 9.47 Å². The zero-order valence-electron chi connectivity index (χ0n) is 11.6. The summed E-state index contributed by atoms with van der Waals surface area (Å²) < 4.78 is 12.2. The number of carbonyl (C=O) groups excluding carboxylic acids is 1. The molecule has 22 heavy (non-hydrogen) atoms. The van der Waals surface area contributed by atoms with E-state index in [2.05, 4.69) is 37.9 Å². The Morgan fingerprint density at radius 1 is 1.27 bits per heavy atom. The van der Waals surface area contributed by atoms with E-state index in [9.17, 15) is 4.79 Å². The summed E-state index contributed by atoms with van der Waals surface area (Å²) in [6.45, 7) is 0.214. The molecular formula is C16H11Br2NO3. The SMILES string of the molecule is COc1cc(C=O)c(Br)c(Br)c1OCc1ccccc1C#N. The number of hydrogen-bond acceptors (Lipinski definition) is 4. The summed E-state index contributed by atoms with van der Waals surface area (Å²) in [6.07, 6.45) is 0.728. The number of halogens is 2. The highest BCUT2D eigenvalue weighted by Crippen LogP contribution is 2.42. The number of aldehydes is 1. The van der Waals surface area contributed by atoms with Crippen molar-refractivity contribution >= 4 is 38.1 Å². The third-order valence-electron chi connectivity index (χ3n) is 3.01. The van der Waals surface area contributed by atoms with Gasteiger partial charge in [-0.1, -0.05) is 18.2 Å². The molecule has 2 aromatic rings. The summed E-state index contributed by atoms with van der Waals surface area (Å²) in [5, 5.41) is 9.10. The number of ether oxygens (including phenoxy) is 2. The van der Waals surface area contributed by atoms with E-state index in [1.165, 1.54) is 7.11 Å². The quantitative estimate of drug-likeness (QED) is 0.663. The van der Waals surface area contributed by atoms with Crippen LogP contribution in [0, 0.1) is 11.3 Å². The lowest BCUT2D eigenvalue weighted by atomic mass is 10.1. The minimum atomic E-state index is 0.214. The standard InChI is InChI=1S/C16H11Br2NO3/c1-21-13-6-12(8-20)14(17)15(18)16(13)22-9-11-5-3-2-4-10(11)7-19/h2-6,8H,9H2,1H3. The maximum atomic E-state index is 11.0. The van der Waals surface area contributed by atoms with Crippen molar-refractivity contribution in [2.45, 2.75) is 6.61 Å². The smallest absolute Gasteiger partial charge is 0.177 e. The second-order valence-corrected chi connectivity index (χ2v) is 5.89. The van der Waals surface area contributed by atoms with Crippen LogP contribution in [0.5, 0.6) is 11.5 Å². The van der Waals surface area contributed by atoms with Crippen LogP contribution in [0.3, 0.4) is 0 Å². The Balaban J connectivity index is 2.36. The van der Waals surface area contributed by atoms with E-state index in [1.807, 2.05) is 12.1 Å². The topological polar surface area (TPSA) is 59.3 Å². The van der Waals surface area contributed by atoms with Crippen LogP contribution in [0.1, 0.15) is 21.5 Å². The minimum absolute atomic E-state index is 0.214. The summed E-state index contributed by atoms with van der Waals surface area (Å²) in [5.74, 6) is 0.902. The van der Waals surface area contributed by atoms with E-state index in [-0.39, 0.29) is 6.61 Å². The van der Waals surface area contributed by atoms with E-state index < -0.39 is 0 Å². The van der Waals surface area contributed by atoms with E-state index >= 15 is 0 Å². The van der Waals surface area contributed by atoms with Gasteiger partial charge in [0.2, 0.25) is 0 Å². The van der Waals surface area contributed by atoms with Crippen LogP contribution in [0.2, 0.25) is 0 Å². The van der Waals surface area contributed by atoms with Crippen LogP contribution in [-0.4, -0.2) is 13.4 Å².